The molecule has 0 saturated carbocycles. The maximum Gasteiger partial charge on any atom is 0.307 e. The van der Waals surface area contributed by atoms with Crippen LogP contribution in [0.1, 0.15) is 26.3 Å². The van der Waals surface area contributed by atoms with E-state index in [2.05, 4.69) is 0 Å². The summed E-state index contributed by atoms with van der Waals surface area (Å²) in [4.78, 5) is 24.7. The number of aliphatic carboxylic acids is 1. The number of amides is 1. The largest absolute Gasteiger partial charge is 0.494 e. The molecule has 0 heterocycles. The van der Waals surface area contributed by atoms with Crippen LogP contribution in [0.3, 0.4) is 0 Å². The molecule has 0 bridgehead atoms. The minimum absolute atomic E-state index is 0.168. The fourth-order valence-corrected chi connectivity index (χ4v) is 1.98. The van der Waals surface area contributed by atoms with E-state index in [0.717, 1.165) is 11.3 Å². The Morgan fingerprint density at radius 2 is 1.76 bits per heavy atom. The summed E-state index contributed by atoms with van der Waals surface area (Å²) < 4.78 is 5.36. The van der Waals surface area contributed by atoms with Gasteiger partial charge in [0.05, 0.1) is 12.5 Å². The van der Waals surface area contributed by atoms with Gasteiger partial charge in [-0.3, -0.25) is 9.59 Å². The first-order valence-corrected chi connectivity index (χ1v) is 7.06. The average molecular weight is 293 g/mol. The lowest BCUT2D eigenvalue weighted by Gasteiger charge is -2.23. The van der Waals surface area contributed by atoms with E-state index in [0.29, 0.717) is 13.2 Å². The van der Waals surface area contributed by atoms with Crippen LogP contribution in [0.5, 0.6) is 5.75 Å². The molecule has 116 valence electrons. The Hall–Kier alpha value is -2.04. The van der Waals surface area contributed by atoms with Gasteiger partial charge in [0.25, 0.3) is 0 Å². The zero-order valence-electron chi connectivity index (χ0n) is 13.0. The van der Waals surface area contributed by atoms with Crippen molar-refractivity contribution < 1.29 is 19.4 Å². The van der Waals surface area contributed by atoms with Crippen molar-refractivity contribution in [1.29, 1.82) is 0 Å². The molecule has 21 heavy (non-hydrogen) atoms. The van der Waals surface area contributed by atoms with Crippen LogP contribution in [-0.2, 0) is 16.1 Å². The van der Waals surface area contributed by atoms with E-state index in [1.165, 1.54) is 0 Å². The molecule has 0 aliphatic carbocycles. The van der Waals surface area contributed by atoms with E-state index in [9.17, 15) is 9.59 Å². The van der Waals surface area contributed by atoms with Crippen molar-refractivity contribution in [2.45, 2.75) is 27.3 Å². The second kappa shape index (κ2) is 7.67. The third kappa shape index (κ3) is 4.77. The quantitative estimate of drug-likeness (QED) is 0.838. The minimum Gasteiger partial charge on any atom is -0.494 e. The van der Waals surface area contributed by atoms with Crippen molar-refractivity contribution in [3.05, 3.63) is 29.8 Å². The lowest BCUT2D eigenvalue weighted by molar-refractivity contribution is -0.148. The molecule has 0 radical (unpaired) electrons. The van der Waals surface area contributed by atoms with Crippen molar-refractivity contribution in [3.63, 3.8) is 0 Å². The van der Waals surface area contributed by atoms with Crippen molar-refractivity contribution in [2.24, 2.45) is 11.8 Å². The number of carbonyl (C=O) groups is 2. The Balaban J connectivity index is 2.65. The first-order valence-electron chi connectivity index (χ1n) is 7.06. The number of ether oxygens (including phenoxy) is 1. The number of carboxylic acids is 1. The molecule has 1 rings (SSSR count). The summed E-state index contributed by atoms with van der Waals surface area (Å²) in [6.07, 6.45) is 0. The number of benzene rings is 1. The highest BCUT2D eigenvalue weighted by Gasteiger charge is 2.27. The second-order valence-electron chi connectivity index (χ2n) is 5.19. The summed E-state index contributed by atoms with van der Waals surface area (Å²) >= 11 is 0. The molecular weight excluding hydrogens is 270 g/mol. The molecule has 0 aliphatic rings. The van der Waals surface area contributed by atoms with Crippen LogP contribution in [-0.4, -0.2) is 35.5 Å². The molecule has 0 aliphatic heterocycles. The number of hydrogen-bond donors (Lipinski definition) is 1. The Kier molecular flexibility index (Phi) is 6.21. The van der Waals surface area contributed by atoms with E-state index in [-0.39, 0.29) is 5.91 Å². The van der Waals surface area contributed by atoms with Crippen molar-refractivity contribution in [1.82, 2.24) is 4.90 Å². The molecule has 1 N–H and O–H groups in total. The van der Waals surface area contributed by atoms with Gasteiger partial charge in [-0.1, -0.05) is 26.0 Å². The Labute approximate surface area is 125 Å². The Morgan fingerprint density at radius 1 is 1.19 bits per heavy atom. The minimum atomic E-state index is -0.953. The van der Waals surface area contributed by atoms with Crippen LogP contribution < -0.4 is 4.74 Å². The molecule has 0 spiro atoms. The first kappa shape index (κ1) is 17.0. The van der Waals surface area contributed by atoms with Crippen LogP contribution in [0.2, 0.25) is 0 Å². The van der Waals surface area contributed by atoms with Gasteiger partial charge in [-0.25, -0.2) is 0 Å². The van der Waals surface area contributed by atoms with Crippen LogP contribution in [0.15, 0.2) is 24.3 Å². The summed E-state index contributed by atoms with van der Waals surface area (Å²) in [6, 6.07) is 7.53. The fourth-order valence-electron chi connectivity index (χ4n) is 1.98. The number of nitrogens with zero attached hydrogens (tertiary/aromatic N) is 1. The van der Waals surface area contributed by atoms with E-state index in [1.54, 1.807) is 25.8 Å². The van der Waals surface area contributed by atoms with E-state index in [4.69, 9.17) is 9.84 Å². The molecule has 5 heteroatoms. The summed E-state index contributed by atoms with van der Waals surface area (Å²) in [7, 11) is 1.68. The molecule has 2 unspecified atom stereocenters. The van der Waals surface area contributed by atoms with E-state index < -0.39 is 17.8 Å². The molecule has 1 aromatic rings. The van der Waals surface area contributed by atoms with Crippen LogP contribution in [0.25, 0.3) is 0 Å². The molecule has 1 amide bonds. The second-order valence-corrected chi connectivity index (χ2v) is 5.19. The van der Waals surface area contributed by atoms with E-state index >= 15 is 0 Å². The van der Waals surface area contributed by atoms with Gasteiger partial charge in [-0.15, -0.1) is 0 Å². The Bertz CT molecular complexity index is 484. The smallest absolute Gasteiger partial charge is 0.307 e. The SMILES string of the molecule is CCOc1ccc(CN(C)C(=O)C(C)C(C)C(=O)O)cc1. The van der Waals surface area contributed by atoms with Gasteiger partial charge in [0.2, 0.25) is 5.91 Å². The number of rotatable bonds is 7. The summed E-state index contributed by atoms with van der Waals surface area (Å²) in [6.45, 7) is 6.18. The lowest BCUT2D eigenvalue weighted by atomic mass is 9.95. The van der Waals surface area contributed by atoms with Gasteiger partial charge in [0, 0.05) is 19.5 Å². The molecule has 2 atom stereocenters. The molecule has 1 aromatic carbocycles. The number of carbonyl (C=O) groups excluding carboxylic acids is 1. The zero-order chi connectivity index (χ0) is 16.0. The summed E-state index contributed by atoms with van der Waals surface area (Å²) in [5.41, 5.74) is 0.976. The molecule has 0 fully saturated rings. The average Bonchev–Trinajstić information content (AvgIpc) is 2.47. The molecule has 0 aromatic heterocycles. The Morgan fingerprint density at radius 3 is 2.24 bits per heavy atom. The topological polar surface area (TPSA) is 66.8 Å². The van der Waals surface area contributed by atoms with Crippen molar-refractivity contribution >= 4 is 11.9 Å². The van der Waals surface area contributed by atoms with Gasteiger partial charge in [-0.2, -0.15) is 0 Å². The third-order valence-electron chi connectivity index (χ3n) is 3.56. The maximum absolute atomic E-state index is 12.2. The van der Waals surface area contributed by atoms with Crippen molar-refractivity contribution in [3.8, 4) is 5.75 Å². The van der Waals surface area contributed by atoms with Gasteiger partial charge >= 0.3 is 5.97 Å². The maximum atomic E-state index is 12.2. The monoisotopic (exact) mass is 293 g/mol. The summed E-state index contributed by atoms with van der Waals surface area (Å²) in [5.74, 6) is -1.57. The van der Waals surface area contributed by atoms with Gasteiger partial charge < -0.3 is 14.7 Å². The number of hydrogen-bond acceptors (Lipinski definition) is 3. The molecule has 5 nitrogen and oxygen atoms in total. The van der Waals surface area contributed by atoms with Gasteiger partial charge in [0.1, 0.15) is 5.75 Å². The highest BCUT2D eigenvalue weighted by molar-refractivity contribution is 5.84. The standard InChI is InChI=1S/C16H23NO4/c1-5-21-14-8-6-13(7-9-14)10-17(4)15(18)11(2)12(3)16(19)20/h6-9,11-12H,5,10H2,1-4H3,(H,19,20). The van der Waals surface area contributed by atoms with Gasteiger partial charge in [-0.05, 0) is 24.6 Å². The zero-order valence-corrected chi connectivity index (χ0v) is 13.0. The molecule has 0 saturated heterocycles. The predicted molar refractivity (Wildman–Crippen MR) is 80.0 cm³/mol. The highest BCUT2D eigenvalue weighted by Crippen LogP contribution is 2.17. The van der Waals surface area contributed by atoms with E-state index in [1.807, 2.05) is 31.2 Å². The van der Waals surface area contributed by atoms with Crippen LogP contribution in [0.4, 0.5) is 0 Å². The lowest BCUT2D eigenvalue weighted by Crippen LogP contribution is -2.36. The predicted octanol–water partition coefficient (Wildman–Crippen LogP) is 2.40. The number of carboxylic acid groups (broad SMARTS) is 1. The summed E-state index contributed by atoms with van der Waals surface area (Å²) in [5, 5.41) is 8.97. The highest BCUT2D eigenvalue weighted by atomic mass is 16.5. The molecular formula is C16H23NO4. The van der Waals surface area contributed by atoms with Crippen LogP contribution in [0, 0.1) is 11.8 Å². The normalized spacial score (nSPS) is 13.3. The third-order valence-corrected chi connectivity index (χ3v) is 3.56. The first-order chi connectivity index (χ1) is 9.86. The van der Waals surface area contributed by atoms with Gasteiger partial charge in [0.15, 0.2) is 0 Å². The van der Waals surface area contributed by atoms with Crippen LogP contribution >= 0.6 is 0 Å². The fraction of sp³-hybridized carbons (Fsp3) is 0.500. The van der Waals surface area contributed by atoms with Crippen molar-refractivity contribution in [2.75, 3.05) is 13.7 Å².